The molecular weight excluding hydrogens is 358 g/mol. The van der Waals surface area contributed by atoms with Crippen molar-refractivity contribution in [2.24, 2.45) is 0 Å². The number of nitrogens with one attached hydrogen (secondary N) is 1. The highest BCUT2D eigenvalue weighted by molar-refractivity contribution is 5.81. The summed E-state index contributed by atoms with van der Waals surface area (Å²) in [7, 11) is 0. The highest BCUT2D eigenvalue weighted by Gasteiger charge is 2.10. The van der Waals surface area contributed by atoms with Crippen LogP contribution >= 0.6 is 0 Å². The van der Waals surface area contributed by atoms with Crippen LogP contribution in [0.1, 0.15) is 42.4 Å². The summed E-state index contributed by atoms with van der Waals surface area (Å²) in [6.07, 6.45) is 3.75. The molecule has 6 nitrogen and oxygen atoms in total. The van der Waals surface area contributed by atoms with Crippen molar-refractivity contribution in [2.75, 3.05) is 0 Å². The van der Waals surface area contributed by atoms with E-state index in [9.17, 15) is 14.4 Å². The lowest BCUT2D eigenvalue weighted by atomic mass is 10.0. The number of unbranched alkanes of at least 4 members (excludes halogenated alkanes) is 1. The van der Waals surface area contributed by atoms with Crippen LogP contribution in [-0.2, 0) is 38.5 Å². The number of hydrogen-bond acceptors (Lipinski definition) is 4. The van der Waals surface area contributed by atoms with Crippen molar-refractivity contribution in [3.63, 3.8) is 0 Å². The van der Waals surface area contributed by atoms with Gasteiger partial charge in [0.2, 0.25) is 0 Å². The number of amides is 1. The Morgan fingerprint density at radius 2 is 1.36 bits per heavy atom. The van der Waals surface area contributed by atoms with Crippen molar-refractivity contribution in [1.82, 2.24) is 5.48 Å². The summed E-state index contributed by atoms with van der Waals surface area (Å²) >= 11 is 0. The van der Waals surface area contributed by atoms with Gasteiger partial charge in [-0.25, -0.2) is 4.79 Å². The van der Waals surface area contributed by atoms with Crippen molar-refractivity contribution in [3.8, 4) is 0 Å². The second-order valence-corrected chi connectivity index (χ2v) is 6.58. The second kappa shape index (κ2) is 11.5. The lowest BCUT2D eigenvalue weighted by Gasteiger charge is -2.07. The number of carboxylic acids is 1. The zero-order chi connectivity index (χ0) is 20.2. The molecule has 0 saturated carbocycles. The normalized spacial score (nSPS) is 10.3. The molecule has 28 heavy (non-hydrogen) atoms. The van der Waals surface area contributed by atoms with E-state index in [0.717, 1.165) is 31.2 Å². The number of aliphatic carboxylic acids is 1. The number of carbonyl (C=O) groups is 3. The summed E-state index contributed by atoms with van der Waals surface area (Å²) in [6.45, 7) is 0. The van der Waals surface area contributed by atoms with Gasteiger partial charge in [0.1, 0.15) is 0 Å². The average molecular weight is 383 g/mol. The molecule has 2 rings (SSSR count). The Labute approximate surface area is 164 Å². The van der Waals surface area contributed by atoms with Gasteiger partial charge in [-0.15, -0.1) is 0 Å². The predicted molar refractivity (Wildman–Crippen MR) is 104 cm³/mol. The van der Waals surface area contributed by atoms with Gasteiger partial charge < -0.3 is 9.94 Å². The molecule has 0 aliphatic heterocycles. The van der Waals surface area contributed by atoms with Crippen molar-refractivity contribution in [2.45, 2.75) is 44.9 Å². The molecule has 0 unspecified atom stereocenters. The minimum absolute atomic E-state index is 0.0838. The molecule has 1 amide bonds. The number of carboxylic acid groups (broad SMARTS) is 1. The maximum Gasteiger partial charge on any atom is 0.332 e. The second-order valence-electron chi connectivity index (χ2n) is 6.58. The quantitative estimate of drug-likeness (QED) is 0.485. The van der Waals surface area contributed by atoms with Crippen molar-refractivity contribution >= 4 is 17.8 Å². The highest BCUT2D eigenvalue weighted by Crippen LogP contribution is 2.11. The summed E-state index contributed by atoms with van der Waals surface area (Å²) in [6, 6.07) is 18.2. The van der Waals surface area contributed by atoms with E-state index >= 15 is 0 Å². The minimum atomic E-state index is -1.09. The van der Waals surface area contributed by atoms with Crippen molar-refractivity contribution < 1.29 is 24.3 Å². The molecule has 2 aromatic carbocycles. The molecule has 6 heteroatoms. The molecule has 0 fully saturated rings. The van der Waals surface area contributed by atoms with E-state index in [4.69, 9.17) is 5.11 Å². The molecule has 0 atom stereocenters. The summed E-state index contributed by atoms with van der Waals surface area (Å²) in [4.78, 5) is 38.0. The maximum atomic E-state index is 11.8. The van der Waals surface area contributed by atoms with Gasteiger partial charge in [0, 0.05) is 0 Å². The average Bonchev–Trinajstić information content (AvgIpc) is 2.70. The van der Waals surface area contributed by atoms with E-state index in [2.05, 4.69) is 29.1 Å². The van der Waals surface area contributed by atoms with Crippen LogP contribution in [0.3, 0.4) is 0 Å². The molecule has 2 aromatic rings. The Balaban J connectivity index is 1.65. The van der Waals surface area contributed by atoms with Gasteiger partial charge in [0.25, 0.3) is 5.91 Å². The Hall–Kier alpha value is -3.15. The number of aryl methyl sites for hydroxylation is 2. The van der Waals surface area contributed by atoms with Crippen molar-refractivity contribution in [1.29, 1.82) is 0 Å². The van der Waals surface area contributed by atoms with Crippen LogP contribution in [0, 0.1) is 0 Å². The molecule has 2 N–H and O–H groups in total. The zero-order valence-corrected chi connectivity index (χ0v) is 15.7. The van der Waals surface area contributed by atoms with Crippen LogP contribution in [0.25, 0.3) is 0 Å². The minimum Gasteiger partial charge on any atom is -0.481 e. The van der Waals surface area contributed by atoms with Crippen LogP contribution in [-0.4, -0.2) is 23.0 Å². The number of benzene rings is 2. The third-order valence-corrected chi connectivity index (χ3v) is 4.23. The standard InChI is InChI=1S/C22H25NO5/c24-20(23-28-22(27)15-14-21(25)26)16-19-12-10-18(11-13-19)9-5-4-8-17-6-2-1-3-7-17/h1-3,6-7,10-13H,4-5,8-9,14-16H2,(H,23,24)(H,25,26). The third-order valence-electron chi connectivity index (χ3n) is 4.23. The monoisotopic (exact) mass is 383 g/mol. The molecule has 0 aromatic heterocycles. The number of hydroxylamine groups is 1. The molecule has 0 saturated heterocycles. The number of carbonyl (C=O) groups excluding carboxylic acids is 2. The smallest absolute Gasteiger partial charge is 0.332 e. The Morgan fingerprint density at radius 1 is 0.786 bits per heavy atom. The fourth-order valence-corrected chi connectivity index (χ4v) is 2.72. The van der Waals surface area contributed by atoms with Gasteiger partial charge in [0.05, 0.1) is 19.3 Å². The van der Waals surface area contributed by atoms with Gasteiger partial charge in [0.15, 0.2) is 0 Å². The van der Waals surface area contributed by atoms with Crippen LogP contribution in [0.5, 0.6) is 0 Å². The van der Waals surface area contributed by atoms with Crippen molar-refractivity contribution in [3.05, 3.63) is 71.3 Å². The summed E-state index contributed by atoms with van der Waals surface area (Å²) in [5.41, 5.74) is 5.43. The Kier molecular flexibility index (Phi) is 8.72. The lowest BCUT2D eigenvalue weighted by Crippen LogP contribution is -2.28. The molecular formula is C22H25NO5. The van der Waals surface area contributed by atoms with Crippen LogP contribution in [0.2, 0.25) is 0 Å². The highest BCUT2D eigenvalue weighted by atomic mass is 16.7. The fourth-order valence-electron chi connectivity index (χ4n) is 2.72. The first-order chi connectivity index (χ1) is 13.5. The van der Waals surface area contributed by atoms with Gasteiger partial charge in [-0.1, -0.05) is 54.6 Å². The van der Waals surface area contributed by atoms with Gasteiger partial charge >= 0.3 is 11.9 Å². The number of rotatable bonds is 10. The van der Waals surface area contributed by atoms with E-state index in [1.165, 1.54) is 11.1 Å². The third kappa shape index (κ3) is 8.49. The molecule has 148 valence electrons. The first kappa shape index (κ1) is 21.2. The Bertz CT molecular complexity index is 771. The molecule has 0 aliphatic carbocycles. The van der Waals surface area contributed by atoms with Gasteiger partial charge in [-0.05, 0) is 42.4 Å². The summed E-state index contributed by atoms with van der Waals surface area (Å²) < 4.78 is 0. The first-order valence-corrected chi connectivity index (χ1v) is 9.35. The Morgan fingerprint density at radius 3 is 1.96 bits per heavy atom. The molecule has 0 spiro atoms. The molecule has 0 bridgehead atoms. The van der Waals surface area contributed by atoms with E-state index < -0.39 is 17.8 Å². The molecule has 0 radical (unpaired) electrons. The SMILES string of the molecule is O=C(O)CCC(=O)ONC(=O)Cc1ccc(CCCCc2ccccc2)cc1. The predicted octanol–water partition coefficient (Wildman–Crippen LogP) is 3.23. The van der Waals surface area contributed by atoms with E-state index in [1.807, 2.05) is 35.8 Å². The largest absolute Gasteiger partial charge is 0.481 e. The topological polar surface area (TPSA) is 92.7 Å². The maximum absolute atomic E-state index is 11.8. The number of hydrogen-bond donors (Lipinski definition) is 2. The van der Waals surface area contributed by atoms with E-state index in [-0.39, 0.29) is 19.3 Å². The van der Waals surface area contributed by atoms with Crippen LogP contribution < -0.4 is 5.48 Å². The van der Waals surface area contributed by atoms with E-state index in [0.29, 0.717) is 0 Å². The molecule has 0 aliphatic rings. The lowest BCUT2D eigenvalue weighted by molar-refractivity contribution is -0.159. The van der Waals surface area contributed by atoms with Crippen LogP contribution in [0.15, 0.2) is 54.6 Å². The zero-order valence-electron chi connectivity index (χ0n) is 15.7. The first-order valence-electron chi connectivity index (χ1n) is 9.35. The van der Waals surface area contributed by atoms with Gasteiger partial charge in [-0.3, -0.25) is 9.59 Å². The fraction of sp³-hybridized carbons (Fsp3) is 0.318. The van der Waals surface area contributed by atoms with Crippen LogP contribution in [0.4, 0.5) is 0 Å². The van der Waals surface area contributed by atoms with E-state index in [1.54, 1.807) is 0 Å². The summed E-state index contributed by atoms with van der Waals surface area (Å²) in [5.74, 6) is -2.33. The summed E-state index contributed by atoms with van der Waals surface area (Å²) in [5, 5.41) is 8.48. The van der Waals surface area contributed by atoms with Gasteiger partial charge in [-0.2, -0.15) is 5.48 Å². The molecule has 0 heterocycles.